The van der Waals surface area contributed by atoms with Crippen molar-refractivity contribution < 1.29 is 9.53 Å². The summed E-state index contributed by atoms with van der Waals surface area (Å²) < 4.78 is 5.14. The van der Waals surface area contributed by atoms with Crippen LogP contribution in [0, 0.1) is 0 Å². The fourth-order valence-corrected chi connectivity index (χ4v) is 2.89. The maximum absolute atomic E-state index is 12.3. The fraction of sp³-hybridized carbons (Fsp3) is 0.368. The molecule has 6 nitrogen and oxygen atoms in total. The Kier molecular flexibility index (Phi) is 5.85. The molecule has 2 heterocycles. The van der Waals surface area contributed by atoms with Crippen molar-refractivity contribution in [3.05, 3.63) is 59.9 Å². The highest BCUT2D eigenvalue weighted by Crippen LogP contribution is 2.11. The highest BCUT2D eigenvalue weighted by atomic mass is 16.5. The molecular formula is C19H24N4O2. The maximum Gasteiger partial charge on any atom is 0.317 e. The Labute approximate surface area is 148 Å². The highest BCUT2D eigenvalue weighted by Gasteiger charge is 2.20. The van der Waals surface area contributed by atoms with Crippen molar-refractivity contribution >= 4 is 6.03 Å². The maximum atomic E-state index is 12.3. The molecule has 0 saturated carbocycles. The van der Waals surface area contributed by atoms with Gasteiger partial charge >= 0.3 is 6.03 Å². The van der Waals surface area contributed by atoms with E-state index in [1.54, 1.807) is 13.3 Å². The molecule has 0 aliphatic carbocycles. The fourth-order valence-electron chi connectivity index (χ4n) is 2.89. The summed E-state index contributed by atoms with van der Waals surface area (Å²) in [4.78, 5) is 20.7. The van der Waals surface area contributed by atoms with E-state index in [2.05, 4.69) is 21.3 Å². The van der Waals surface area contributed by atoms with Crippen molar-refractivity contribution in [2.24, 2.45) is 0 Å². The Morgan fingerprint density at radius 1 is 1.12 bits per heavy atom. The molecule has 2 aromatic rings. The lowest BCUT2D eigenvalue weighted by atomic mass is 10.2. The van der Waals surface area contributed by atoms with Gasteiger partial charge in [-0.15, -0.1) is 0 Å². The zero-order valence-electron chi connectivity index (χ0n) is 14.5. The van der Waals surface area contributed by atoms with Gasteiger partial charge in [0, 0.05) is 51.7 Å². The highest BCUT2D eigenvalue weighted by molar-refractivity contribution is 5.74. The number of hydrogen-bond acceptors (Lipinski definition) is 4. The van der Waals surface area contributed by atoms with Crippen molar-refractivity contribution in [2.75, 3.05) is 33.3 Å². The van der Waals surface area contributed by atoms with Crippen molar-refractivity contribution in [3.8, 4) is 5.75 Å². The second-order valence-corrected chi connectivity index (χ2v) is 6.13. The molecule has 0 bridgehead atoms. The molecule has 0 spiro atoms. The number of piperazine rings is 1. The van der Waals surface area contributed by atoms with Crippen LogP contribution in [-0.2, 0) is 13.1 Å². The lowest BCUT2D eigenvalue weighted by molar-refractivity contribution is 0.135. The number of rotatable bonds is 5. The van der Waals surface area contributed by atoms with Crippen LogP contribution in [0.15, 0.2) is 48.8 Å². The molecule has 25 heavy (non-hydrogen) atoms. The third-order valence-corrected chi connectivity index (χ3v) is 4.39. The average molecular weight is 340 g/mol. The average Bonchev–Trinajstić information content (AvgIpc) is 2.68. The van der Waals surface area contributed by atoms with E-state index in [9.17, 15) is 4.79 Å². The first kappa shape index (κ1) is 17.2. The van der Waals surface area contributed by atoms with E-state index in [1.807, 2.05) is 41.4 Å². The number of nitrogens with one attached hydrogen (secondary N) is 1. The van der Waals surface area contributed by atoms with Gasteiger partial charge in [0.15, 0.2) is 0 Å². The Morgan fingerprint density at radius 3 is 2.52 bits per heavy atom. The normalized spacial score (nSPS) is 15.0. The molecule has 1 N–H and O–H groups in total. The first-order chi connectivity index (χ1) is 12.2. The number of carbonyl (C=O) groups is 1. The third kappa shape index (κ3) is 4.93. The predicted molar refractivity (Wildman–Crippen MR) is 96.3 cm³/mol. The van der Waals surface area contributed by atoms with Gasteiger partial charge in [-0.25, -0.2) is 4.79 Å². The van der Waals surface area contributed by atoms with Crippen molar-refractivity contribution in [1.29, 1.82) is 0 Å². The smallest absolute Gasteiger partial charge is 0.317 e. The third-order valence-electron chi connectivity index (χ3n) is 4.39. The van der Waals surface area contributed by atoms with Crippen molar-refractivity contribution in [2.45, 2.75) is 13.1 Å². The minimum absolute atomic E-state index is 0.00292. The molecule has 1 fully saturated rings. The van der Waals surface area contributed by atoms with Crippen LogP contribution in [-0.4, -0.2) is 54.1 Å². The van der Waals surface area contributed by atoms with Crippen molar-refractivity contribution in [1.82, 2.24) is 20.1 Å². The summed E-state index contributed by atoms with van der Waals surface area (Å²) in [5.41, 5.74) is 2.27. The van der Waals surface area contributed by atoms with Crippen LogP contribution in [0.3, 0.4) is 0 Å². The van der Waals surface area contributed by atoms with Gasteiger partial charge < -0.3 is 15.0 Å². The molecule has 1 saturated heterocycles. The number of hydrogen-bond donors (Lipinski definition) is 1. The number of nitrogens with zero attached hydrogens (tertiary/aromatic N) is 3. The minimum atomic E-state index is -0.00292. The van der Waals surface area contributed by atoms with Gasteiger partial charge in [-0.05, 0) is 29.3 Å². The van der Waals surface area contributed by atoms with E-state index in [0.29, 0.717) is 6.54 Å². The van der Waals surface area contributed by atoms with Gasteiger partial charge in [0.05, 0.1) is 7.11 Å². The van der Waals surface area contributed by atoms with E-state index in [0.717, 1.165) is 44.0 Å². The van der Waals surface area contributed by atoms with Crippen LogP contribution in [0.5, 0.6) is 5.75 Å². The lowest BCUT2D eigenvalue weighted by Crippen LogP contribution is -2.51. The molecule has 1 aliphatic heterocycles. The van der Waals surface area contributed by atoms with Gasteiger partial charge in [0.2, 0.25) is 0 Å². The Morgan fingerprint density at radius 2 is 1.88 bits per heavy atom. The molecule has 0 radical (unpaired) electrons. The number of urea groups is 1. The van der Waals surface area contributed by atoms with Crippen LogP contribution >= 0.6 is 0 Å². The summed E-state index contributed by atoms with van der Waals surface area (Å²) >= 11 is 0. The molecule has 0 atom stereocenters. The monoisotopic (exact) mass is 340 g/mol. The first-order valence-corrected chi connectivity index (χ1v) is 8.51. The summed E-state index contributed by atoms with van der Waals surface area (Å²) in [5.74, 6) is 0.819. The molecule has 2 amide bonds. The largest absolute Gasteiger partial charge is 0.497 e. The molecule has 0 unspecified atom stereocenters. The number of carbonyl (C=O) groups excluding carboxylic acids is 1. The first-order valence-electron chi connectivity index (χ1n) is 8.51. The van der Waals surface area contributed by atoms with Crippen LogP contribution in [0.4, 0.5) is 4.79 Å². The molecular weight excluding hydrogens is 316 g/mol. The Bertz CT molecular complexity index is 668. The van der Waals surface area contributed by atoms with E-state index >= 15 is 0 Å². The summed E-state index contributed by atoms with van der Waals surface area (Å²) in [6.45, 7) is 4.66. The Hall–Kier alpha value is -2.60. The lowest BCUT2D eigenvalue weighted by Gasteiger charge is -2.34. The van der Waals surface area contributed by atoms with E-state index in [-0.39, 0.29) is 6.03 Å². The predicted octanol–water partition coefficient (Wildman–Crippen LogP) is 2.12. The minimum Gasteiger partial charge on any atom is -0.497 e. The standard InChI is InChI=1S/C19H24N4O2/c1-25-18-6-4-16(5-7-18)14-21-19(24)23-11-9-22(10-12-23)15-17-3-2-8-20-13-17/h2-8,13H,9-12,14-15H2,1H3,(H,21,24). The van der Waals surface area contributed by atoms with E-state index < -0.39 is 0 Å². The van der Waals surface area contributed by atoms with Gasteiger partial charge in [-0.2, -0.15) is 0 Å². The molecule has 1 aromatic heterocycles. The zero-order chi connectivity index (χ0) is 17.5. The van der Waals surface area contributed by atoms with Crippen LogP contribution < -0.4 is 10.1 Å². The second-order valence-electron chi connectivity index (χ2n) is 6.13. The SMILES string of the molecule is COc1ccc(CNC(=O)N2CCN(Cc3cccnc3)CC2)cc1. The second kappa shape index (κ2) is 8.48. The molecule has 6 heteroatoms. The number of aromatic nitrogens is 1. The topological polar surface area (TPSA) is 57.7 Å². The molecule has 1 aromatic carbocycles. The van der Waals surface area contributed by atoms with Gasteiger partial charge in [-0.1, -0.05) is 18.2 Å². The summed E-state index contributed by atoms with van der Waals surface area (Å²) in [5, 5.41) is 2.99. The van der Waals surface area contributed by atoms with Gasteiger partial charge in [0.1, 0.15) is 5.75 Å². The number of pyridine rings is 1. The van der Waals surface area contributed by atoms with Crippen LogP contribution in [0.1, 0.15) is 11.1 Å². The summed E-state index contributed by atoms with van der Waals surface area (Å²) in [6.07, 6.45) is 3.68. The van der Waals surface area contributed by atoms with Crippen LogP contribution in [0.2, 0.25) is 0 Å². The number of benzene rings is 1. The van der Waals surface area contributed by atoms with Crippen LogP contribution in [0.25, 0.3) is 0 Å². The number of amides is 2. The quantitative estimate of drug-likeness (QED) is 0.906. The van der Waals surface area contributed by atoms with Gasteiger partial charge in [-0.3, -0.25) is 9.88 Å². The molecule has 3 rings (SSSR count). The molecule has 1 aliphatic rings. The van der Waals surface area contributed by atoms with Gasteiger partial charge in [0.25, 0.3) is 0 Å². The zero-order valence-corrected chi connectivity index (χ0v) is 14.5. The summed E-state index contributed by atoms with van der Waals surface area (Å²) in [6, 6.07) is 11.8. The number of ether oxygens (including phenoxy) is 1. The van der Waals surface area contributed by atoms with E-state index in [1.165, 1.54) is 5.56 Å². The summed E-state index contributed by atoms with van der Waals surface area (Å²) in [7, 11) is 1.64. The van der Waals surface area contributed by atoms with E-state index in [4.69, 9.17) is 4.74 Å². The Balaban J connectivity index is 1.41. The number of methoxy groups -OCH3 is 1. The molecule has 132 valence electrons. The van der Waals surface area contributed by atoms with Crippen molar-refractivity contribution in [3.63, 3.8) is 0 Å².